The van der Waals surface area contributed by atoms with Gasteiger partial charge in [-0.3, -0.25) is 0 Å². The maximum atomic E-state index is 5.83. The number of benzene rings is 1. The molecule has 0 amide bonds. The average molecular weight is 394 g/mol. The summed E-state index contributed by atoms with van der Waals surface area (Å²) in [4.78, 5) is 13.0. The lowest BCUT2D eigenvalue weighted by Crippen LogP contribution is -2.14. The standard InChI is InChI=1S/C24H31N3O2/c1-13(2)21-11-28-23(26-21)9-19-17-7-15(5)16(6)8-18(17)20(25-19)10-24-27-22(12-29-24)14(3)4/h7-10,13-14,21-22,25H,11-12H2,1-6H3/b19-9+,20-10+/t21-,22-/m1/s1. The highest BCUT2D eigenvalue weighted by molar-refractivity contribution is 6.09. The van der Waals surface area contributed by atoms with Crippen LogP contribution in [0.25, 0.3) is 22.9 Å². The molecule has 29 heavy (non-hydrogen) atoms. The van der Waals surface area contributed by atoms with Crippen molar-refractivity contribution in [2.75, 3.05) is 13.2 Å². The summed E-state index contributed by atoms with van der Waals surface area (Å²) in [5.41, 5.74) is 2.53. The van der Waals surface area contributed by atoms with E-state index in [-0.39, 0.29) is 12.1 Å². The molecule has 2 aliphatic heterocycles. The number of aromatic nitrogens is 1. The summed E-state index contributed by atoms with van der Waals surface area (Å²) in [5, 5.41) is 4.35. The van der Waals surface area contributed by atoms with Gasteiger partial charge in [0.25, 0.3) is 0 Å². The minimum atomic E-state index is 0.228. The summed E-state index contributed by atoms with van der Waals surface area (Å²) < 4.78 is 11.7. The van der Waals surface area contributed by atoms with Crippen LogP contribution in [0.3, 0.4) is 0 Å². The van der Waals surface area contributed by atoms with Crippen molar-refractivity contribution in [2.24, 2.45) is 21.8 Å². The maximum Gasteiger partial charge on any atom is 0.211 e. The molecule has 0 bridgehead atoms. The molecule has 4 rings (SSSR count). The van der Waals surface area contributed by atoms with Gasteiger partial charge < -0.3 is 14.5 Å². The van der Waals surface area contributed by atoms with Crippen molar-refractivity contribution >= 4 is 34.7 Å². The second-order valence-electron chi connectivity index (χ2n) is 8.90. The number of aliphatic imine (C=N–C) groups is 2. The number of aryl methyl sites for hydroxylation is 2. The highest BCUT2D eigenvalue weighted by Crippen LogP contribution is 2.17. The molecule has 1 aromatic heterocycles. The quantitative estimate of drug-likeness (QED) is 0.867. The number of H-pyrrole nitrogens is 1. The Labute approximate surface area is 172 Å². The number of hydrogen-bond donors (Lipinski definition) is 1. The van der Waals surface area contributed by atoms with Crippen molar-refractivity contribution < 1.29 is 9.47 Å². The maximum absolute atomic E-state index is 5.83. The third-order valence-electron chi connectivity index (χ3n) is 5.95. The van der Waals surface area contributed by atoms with Crippen LogP contribution in [0.5, 0.6) is 0 Å². The largest absolute Gasteiger partial charge is 0.476 e. The summed E-state index contributed by atoms with van der Waals surface area (Å²) >= 11 is 0. The first-order chi connectivity index (χ1) is 13.8. The highest BCUT2D eigenvalue weighted by Gasteiger charge is 2.22. The number of aromatic amines is 1. The zero-order chi connectivity index (χ0) is 20.7. The van der Waals surface area contributed by atoms with Crippen LogP contribution in [0.1, 0.15) is 38.8 Å². The molecule has 0 unspecified atom stereocenters. The number of hydrogen-bond acceptors (Lipinski definition) is 4. The molecule has 1 N–H and O–H groups in total. The molecule has 0 spiro atoms. The molecular formula is C24H31N3O2. The third-order valence-corrected chi connectivity index (χ3v) is 5.95. The smallest absolute Gasteiger partial charge is 0.211 e. The zero-order valence-electron chi connectivity index (χ0n) is 18.2. The Bertz CT molecular complexity index is 1020. The van der Waals surface area contributed by atoms with Crippen molar-refractivity contribution in [3.8, 4) is 0 Å². The highest BCUT2D eigenvalue weighted by atomic mass is 16.5. The molecular weight excluding hydrogens is 362 g/mol. The monoisotopic (exact) mass is 393 g/mol. The lowest BCUT2D eigenvalue weighted by Gasteiger charge is -2.06. The van der Waals surface area contributed by atoms with E-state index in [1.54, 1.807) is 0 Å². The van der Waals surface area contributed by atoms with Crippen LogP contribution in [-0.2, 0) is 9.47 Å². The molecule has 0 saturated carbocycles. The topological polar surface area (TPSA) is 59.0 Å². The molecule has 5 heteroatoms. The lowest BCUT2D eigenvalue weighted by atomic mass is 10.0. The van der Waals surface area contributed by atoms with Crippen LogP contribution in [0.15, 0.2) is 22.1 Å². The van der Waals surface area contributed by atoms with Crippen molar-refractivity contribution in [2.45, 2.75) is 53.6 Å². The Morgan fingerprint density at radius 3 is 1.59 bits per heavy atom. The second-order valence-corrected chi connectivity index (χ2v) is 8.90. The van der Waals surface area contributed by atoms with E-state index in [2.05, 4.69) is 58.7 Å². The molecule has 2 aliphatic rings. The van der Waals surface area contributed by atoms with Gasteiger partial charge in [-0.25, -0.2) is 9.98 Å². The number of ether oxygens (including phenoxy) is 2. The molecule has 5 nitrogen and oxygen atoms in total. The van der Waals surface area contributed by atoms with E-state index in [1.165, 1.54) is 11.1 Å². The number of fused-ring (bicyclic) bond motifs is 1. The molecule has 1 aromatic carbocycles. The Kier molecular flexibility index (Phi) is 5.24. The third kappa shape index (κ3) is 3.96. The van der Waals surface area contributed by atoms with Gasteiger partial charge in [-0.1, -0.05) is 27.7 Å². The van der Waals surface area contributed by atoms with Gasteiger partial charge in [0, 0.05) is 22.9 Å². The van der Waals surface area contributed by atoms with Gasteiger partial charge in [0.1, 0.15) is 13.2 Å². The Morgan fingerprint density at radius 2 is 1.24 bits per heavy atom. The molecule has 0 saturated heterocycles. The summed E-state index contributed by atoms with van der Waals surface area (Å²) in [5.74, 6) is 2.35. The van der Waals surface area contributed by atoms with Crippen LogP contribution < -0.4 is 10.7 Å². The van der Waals surface area contributed by atoms with Crippen LogP contribution >= 0.6 is 0 Å². The van der Waals surface area contributed by atoms with Crippen LogP contribution in [-0.4, -0.2) is 42.1 Å². The lowest BCUT2D eigenvalue weighted by molar-refractivity contribution is 0.294. The second kappa shape index (κ2) is 7.69. The fourth-order valence-corrected chi connectivity index (χ4v) is 3.67. The molecule has 0 radical (unpaired) electrons. The van der Waals surface area contributed by atoms with E-state index in [0.717, 1.165) is 21.5 Å². The Hall–Kier alpha value is -2.56. The van der Waals surface area contributed by atoms with Crippen molar-refractivity contribution in [1.82, 2.24) is 4.98 Å². The fraction of sp³-hybridized carbons (Fsp3) is 0.500. The predicted octanol–water partition coefficient (Wildman–Crippen LogP) is 3.25. The van der Waals surface area contributed by atoms with Gasteiger partial charge in [-0.2, -0.15) is 0 Å². The van der Waals surface area contributed by atoms with Crippen molar-refractivity contribution in [1.29, 1.82) is 0 Å². The normalized spacial score (nSPS) is 23.2. The van der Waals surface area contributed by atoms with E-state index in [0.29, 0.717) is 36.8 Å². The number of nitrogens with one attached hydrogen (secondary N) is 1. The number of rotatable bonds is 4. The van der Waals surface area contributed by atoms with E-state index in [9.17, 15) is 0 Å². The van der Waals surface area contributed by atoms with Gasteiger partial charge >= 0.3 is 0 Å². The number of nitrogens with zero attached hydrogens (tertiary/aromatic N) is 2. The fourth-order valence-electron chi connectivity index (χ4n) is 3.67. The Morgan fingerprint density at radius 1 is 0.828 bits per heavy atom. The summed E-state index contributed by atoms with van der Waals surface area (Å²) in [6.07, 6.45) is 4.04. The minimum Gasteiger partial charge on any atom is -0.476 e. The van der Waals surface area contributed by atoms with Crippen LogP contribution in [0.2, 0.25) is 0 Å². The van der Waals surface area contributed by atoms with Crippen molar-refractivity contribution in [3.63, 3.8) is 0 Å². The van der Waals surface area contributed by atoms with Gasteiger partial charge in [-0.05, 0) is 48.9 Å². The first-order valence-corrected chi connectivity index (χ1v) is 10.6. The van der Waals surface area contributed by atoms with Gasteiger partial charge in [0.05, 0.1) is 22.8 Å². The van der Waals surface area contributed by atoms with Gasteiger partial charge in [-0.15, -0.1) is 0 Å². The molecule has 2 atom stereocenters. The predicted molar refractivity (Wildman–Crippen MR) is 120 cm³/mol. The molecule has 154 valence electrons. The molecule has 0 fully saturated rings. The van der Waals surface area contributed by atoms with Crippen LogP contribution in [0, 0.1) is 25.7 Å². The van der Waals surface area contributed by atoms with Gasteiger partial charge in [0.15, 0.2) is 0 Å². The molecule has 2 aromatic rings. The zero-order valence-corrected chi connectivity index (χ0v) is 18.2. The average Bonchev–Trinajstić information content (AvgIpc) is 3.37. The van der Waals surface area contributed by atoms with Crippen molar-refractivity contribution in [3.05, 3.63) is 34.0 Å². The van der Waals surface area contributed by atoms with Crippen LogP contribution in [0.4, 0.5) is 0 Å². The minimum absolute atomic E-state index is 0.228. The summed E-state index contributed by atoms with van der Waals surface area (Å²) in [7, 11) is 0. The summed E-state index contributed by atoms with van der Waals surface area (Å²) in [6, 6.07) is 4.92. The van der Waals surface area contributed by atoms with E-state index < -0.39 is 0 Å². The SMILES string of the molecule is Cc1cc2/c(=C\C3=N[C@@H](C(C)C)CO3)[nH]/c(=C/C3=N[C@@H](C(C)C)CO3)c2cc1C. The molecule has 0 aliphatic carbocycles. The molecule has 3 heterocycles. The Balaban J connectivity index is 1.84. The van der Waals surface area contributed by atoms with Gasteiger partial charge in [0.2, 0.25) is 11.8 Å². The summed E-state index contributed by atoms with van der Waals surface area (Å²) in [6.45, 7) is 14.3. The van der Waals surface area contributed by atoms with E-state index in [4.69, 9.17) is 19.5 Å². The first-order valence-electron chi connectivity index (χ1n) is 10.6. The van der Waals surface area contributed by atoms with E-state index >= 15 is 0 Å². The first kappa shape index (κ1) is 19.7. The van der Waals surface area contributed by atoms with E-state index in [1.807, 2.05) is 12.2 Å².